The Morgan fingerprint density at radius 1 is 0.788 bits per heavy atom. The van der Waals surface area contributed by atoms with E-state index in [2.05, 4.69) is 9.98 Å². The van der Waals surface area contributed by atoms with Gasteiger partial charge in [0.05, 0.1) is 30.4 Å². The van der Waals surface area contributed by atoms with Crippen molar-refractivity contribution in [1.29, 1.82) is 0 Å². The molecule has 0 spiro atoms. The maximum atomic E-state index is 12.0. The molecular weight excluding hydrogens is 473 g/mol. The average molecular weight is 499 g/mol. The predicted molar refractivity (Wildman–Crippen MR) is 119 cm³/mol. The molecule has 2 rings (SSSR count). The van der Waals surface area contributed by atoms with Gasteiger partial charge in [-0.15, -0.1) is 0 Å². The number of nitrogens with zero attached hydrogens (tertiary/aromatic N) is 3. The van der Waals surface area contributed by atoms with Crippen LogP contribution in [0, 0.1) is 15.3 Å². The van der Waals surface area contributed by atoms with Crippen LogP contribution in [0.3, 0.4) is 0 Å². The molecule has 0 bridgehead atoms. The summed E-state index contributed by atoms with van der Waals surface area (Å²) in [6.07, 6.45) is 3.10. The summed E-state index contributed by atoms with van der Waals surface area (Å²) in [6.45, 7) is 7.70. The van der Waals surface area contributed by atoms with Crippen LogP contribution in [0.4, 0.5) is 0 Å². The number of hydrogen-bond acceptors (Lipinski definition) is 9. The maximum absolute atomic E-state index is 12.0. The summed E-state index contributed by atoms with van der Waals surface area (Å²) in [5.74, 6) is 0.928. The van der Waals surface area contributed by atoms with Crippen LogP contribution >= 0.6 is 0 Å². The number of benzene rings is 2. The second-order valence-corrected chi connectivity index (χ2v) is 7.67. The van der Waals surface area contributed by atoms with E-state index in [1.807, 2.05) is 27.7 Å². The Morgan fingerprint density at radius 2 is 1.09 bits per heavy atom. The van der Waals surface area contributed by atoms with E-state index in [4.69, 9.17) is 24.8 Å². The van der Waals surface area contributed by atoms with Gasteiger partial charge in [-0.2, -0.15) is 0 Å². The summed E-state index contributed by atoms with van der Waals surface area (Å²) >= 11 is 0. The summed E-state index contributed by atoms with van der Waals surface area (Å²) in [7, 11) is 3.09. The number of aliphatic imine (C=N–C) groups is 2. The van der Waals surface area contributed by atoms with Gasteiger partial charge in [0.1, 0.15) is 11.5 Å². The minimum atomic E-state index is -1.75. The molecule has 0 saturated heterocycles. The molecule has 0 amide bonds. The fourth-order valence-corrected chi connectivity index (χ4v) is 2.29. The molecule has 0 fully saturated rings. The molecule has 0 aliphatic carbocycles. The van der Waals surface area contributed by atoms with Crippen molar-refractivity contribution in [2.45, 2.75) is 38.8 Å². The largest absolute Gasteiger partial charge is 3.00 e. The third kappa shape index (κ3) is 8.99. The molecule has 0 heterocycles. The number of methoxy groups -OCH3 is 2. The van der Waals surface area contributed by atoms with Gasteiger partial charge in [0.15, 0.2) is 0 Å². The summed E-state index contributed by atoms with van der Waals surface area (Å²) in [5.41, 5.74) is -0.384. The van der Waals surface area contributed by atoms with E-state index < -0.39 is 16.2 Å². The van der Waals surface area contributed by atoms with E-state index in [9.17, 15) is 10.2 Å². The average Bonchev–Trinajstić information content (AvgIpc) is 2.72. The predicted octanol–water partition coefficient (Wildman–Crippen LogP) is 2.70. The van der Waals surface area contributed by atoms with Crippen LogP contribution in [0.25, 0.3) is 0 Å². The summed E-state index contributed by atoms with van der Waals surface area (Å²) in [6, 6.07) is 9.45. The van der Waals surface area contributed by atoms with Crippen molar-refractivity contribution in [3.63, 3.8) is 0 Å². The summed E-state index contributed by atoms with van der Waals surface area (Å²) < 4.78 is 10.3. The van der Waals surface area contributed by atoms with E-state index in [-0.39, 0.29) is 28.6 Å². The zero-order chi connectivity index (χ0) is 24.5. The van der Waals surface area contributed by atoms with E-state index in [0.717, 1.165) is 0 Å². The molecule has 2 aromatic carbocycles. The van der Waals surface area contributed by atoms with E-state index >= 15 is 0 Å². The maximum Gasteiger partial charge on any atom is 3.00 e. The third-order valence-corrected chi connectivity index (χ3v) is 4.98. The number of rotatable bonds is 7. The first-order chi connectivity index (χ1) is 14.8. The Labute approximate surface area is 203 Å². The molecule has 33 heavy (non-hydrogen) atoms. The van der Waals surface area contributed by atoms with Gasteiger partial charge in [-0.25, -0.2) is 0 Å². The zero-order valence-corrected chi connectivity index (χ0v) is 20.4. The quantitative estimate of drug-likeness (QED) is 0.245. The van der Waals surface area contributed by atoms with Crippen LogP contribution in [-0.2, 0) is 17.1 Å². The van der Waals surface area contributed by atoms with Gasteiger partial charge >= 0.3 is 17.1 Å². The van der Waals surface area contributed by atoms with Crippen LogP contribution in [0.5, 0.6) is 23.0 Å². The Hall–Kier alpha value is -3.30. The van der Waals surface area contributed by atoms with Crippen molar-refractivity contribution in [3.05, 3.63) is 62.8 Å². The molecule has 0 aliphatic rings. The molecule has 10 nitrogen and oxygen atoms in total. The number of hydrogen-bond donors (Lipinski definition) is 0. The molecule has 0 unspecified atom stereocenters. The number of ether oxygens (including phenoxy) is 2. The Kier molecular flexibility index (Phi) is 11.4. The van der Waals surface area contributed by atoms with Crippen LogP contribution in [0.2, 0.25) is 0 Å². The van der Waals surface area contributed by atoms with Crippen LogP contribution in [-0.4, -0.2) is 42.8 Å². The van der Waals surface area contributed by atoms with Gasteiger partial charge in [-0.3, -0.25) is 9.98 Å². The van der Waals surface area contributed by atoms with Crippen LogP contribution in [0.1, 0.15) is 38.8 Å². The van der Waals surface area contributed by atoms with Crippen molar-refractivity contribution in [2.75, 3.05) is 14.2 Å². The molecule has 0 atom stereocenters. The van der Waals surface area contributed by atoms with Gasteiger partial charge in [-0.1, -0.05) is 23.6 Å². The molecule has 0 aliphatic heterocycles. The van der Waals surface area contributed by atoms with Crippen molar-refractivity contribution in [2.24, 2.45) is 9.98 Å². The fourth-order valence-electron chi connectivity index (χ4n) is 2.29. The first kappa shape index (κ1) is 29.7. The monoisotopic (exact) mass is 499 g/mol. The molecule has 178 valence electrons. The van der Waals surface area contributed by atoms with Crippen molar-refractivity contribution in [1.82, 2.24) is 0 Å². The molecule has 11 heteroatoms. The molecular formula is C22H26MnN3O7. The molecule has 0 aromatic heterocycles. The van der Waals surface area contributed by atoms with Gasteiger partial charge in [0.25, 0.3) is 0 Å². The van der Waals surface area contributed by atoms with Gasteiger partial charge < -0.3 is 35.0 Å². The van der Waals surface area contributed by atoms with Crippen LogP contribution < -0.4 is 19.7 Å². The first-order valence-corrected chi connectivity index (χ1v) is 9.45. The minimum absolute atomic E-state index is 0. The van der Waals surface area contributed by atoms with Gasteiger partial charge in [0, 0.05) is 12.4 Å². The van der Waals surface area contributed by atoms with Gasteiger partial charge in [-0.05, 0) is 63.1 Å². The topological polar surface area (TPSA) is 156 Å². The molecule has 0 radical (unpaired) electrons. The smallest absolute Gasteiger partial charge is 0.872 e. The standard InChI is InChI=1S/C22H28N2O4.Mn.NO3/c1-21(2,23-13-15-11-17(27-5)7-9-19(15)25)22(3,4)24-14-16-12-18(28-6)8-10-20(16)26;;2-1(3)4/h7-14,25-26H,1-6H3;;/q;+3;-1/p-2. The van der Waals surface area contributed by atoms with E-state index in [0.29, 0.717) is 22.6 Å². The molecule has 0 N–H and O–H groups in total. The second-order valence-electron chi connectivity index (χ2n) is 7.67. The molecule has 2 aromatic rings. The SMILES string of the molecule is COc1ccc([O-])c(C=NC(C)(C)C(C)(C)N=Cc2cc(OC)ccc2[O-])c1.O=[N+]([O-])[O-].[Mn+3]. The van der Waals surface area contributed by atoms with Crippen molar-refractivity contribution >= 4 is 12.4 Å². The summed E-state index contributed by atoms with van der Waals surface area (Å²) in [5, 5.41) is 38.8. The normalized spacial score (nSPS) is 11.5. The van der Waals surface area contributed by atoms with Crippen molar-refractivity contribution < 1.29 is 41.8 Å². The van der Waals surface area contributed by atoms with Crippen LogP contribution in [0.15, 0.2) is 46.4 Å². The van der Waals surface area contributed by atoms with E-state index in [1.165, 1.54) is 12.1 Å². The van der Waals surface area contributed by atoms with Crippen molar-refractivity contribution in [3.8, 4) is 23.0 Å². The van der Waals surface area contributed by atoms with Gasteiger partial charge in [0.2, 0.25) is 0 Å². The Balaban J connectivity index is 0.00000189. The first-order valence-electron chi connectivity index (χ1n) is 9.45. The third-order valence-electron chi connectivity index (χ3n) is 4.98. The zero-order valence-electron chi connectivity index (χ0n) is 19.2. The molecule has 0 saturated carbocycles. The Morgan fingerprint density at radius 3 is 1.36 bits per heavy atom. The second kappa shape index (κ2) is 12.7. The minimum Gasteiger partial charge on any atom is -0.872 e. The fraction of sp³-hybridized carbons (Fsp3) is 0.364. The Bertz CT molecular complexity index is 914. The summed E-state index contributed by atoms with van der Waals surface area (Å²) in [4.78, 5) is 17.5. The van der Waals surface area contributed by atoms with E-state index in [1.54, 1.807) is 50.9 Å².